The molecule has 0 fully saturated rings. The molecular formula is C50H48N2. The number of nitrogens with zero attached hydrogens (tertiary/aromatic N) is 2. The summed E-state index contributed by atoms with van der Waals surface area (Å²) in [5.74, 6) is 0. The van der Waals surface area contributed by atoms with E-state index in [0.29, 0.717) is 0 Å². The van der Waals surface area contributed by atoms with Crippen LogP contribution in [-0.2, 0) is 0 Å². The lowest BCUT2D eigenvalue weighted by atomic mass is 9.91. The standard InChI is InChI=1S/C50H48N2/c1-29-11-17-41(23-31(29)3)51(43-25-33(5)37(9)34(6)26-43)47-21-15-39-14-20-46-48(22-16-40-13-19-45(47)49(39)50(40)46)52(42-18-12-30(2)32(4)24-42)44-27-35(7)38(10)36(8)28-44/h11-28H,1-10H3. The van der Waals surface area contributed by atoms with E-state index in [1.165, 1.54) is 122 Å². The highest BCUT2D eigenvalue weighted by molar-refractivity contribution is 6.28. The van der Waals surface area contributed by atoms with Gasteiger partial charge in [-0.15, -0.1) is 0 Å². The molecule has 0 saturated heterocycles. The van der Waals surface area contributed by atoms with E-state index in [4.69, 9.17) is 0 Å². The summed E-state index contributed by atoms with van der Waals surface area (Å²) < 4.78 is 0. The Bertz CT molecular complexity index is 2460. The van der Waals surface area contributed by atoms with Crippen molar-refractivity contribution in [3.05, 3.63) is 165 Å². The molecule has 8 rings (SSSR count). The molecule has 0 aliphatic heterocycles. The molecular weight excluding hydrogens is 629 g/mol. The van der Waals surface area contributed by atoms with Crippen LogP contribution in [0, 0.1) is 69.2 Å². The molecule has 0 bridgehead atoms. The molecule has 0 aromatic heterocycles. The maximum atomic E-state index is 2.47. The lowest BCUT2D eigenvalue weighted by Crippen LogP contribution is -2.13. The van der Waals surface area contributed by atoms with E-state index in [1.807, 2.05) is 0 Å². The number of hydrogen-bond acceptors (Lipinski definition) is 2. The zero-order valence-electron chi connectivity index (χ0n) is 32.3. The first-order valence-corrected chi connectivity index (χ1v) is 18.5. The molecule has 0 heterocycles. The molecule has 0 radical (unpaired) electrons. The average molecular weight is 677 g/mol. The molecule has 0 unspecified atom stereocenters. The van der Waals surface area contributed by atoms with Gasteiger partial charge in [0, 0.05) is 33.5 Å². The smallest absolute Gasteiger partial charge is 0.0540 e. The van der Waals surface area contributed by atoms with Crippen molar-refractivity contribution in [2.45, 2.75) is 69.2 Å². The van der Waals surface area contributed by atoms with Crippen LogP contribution in [-0.4, -0.2) is 0 Å². The van der Waals surface area contributed by atoms with E-state index in [1.54, 1.807) is 0 Å². The SMILES string of the molecule is Cc1ccc(N(c2cc(C)c(C)c(C)c2)c2ccc3ccc4c(N(c5ccc(C)c(C)c5)c5cc(C)c(C)c(C)c5)ccc5ccc2c3c54)cc1C. The van der Waals surface area contributed by atoms with E-state index < -0.39 is 0 Å². The van der Waals surface area contributed by atoms with Gasteiger partial charge >= 0.3 is 0 Å². The fraction of sp³-hybridized carbons (Fsp3) is 0.200. The highest BCUT2D eigenvalue weighted by Gasteiger charge is 2.23. The Morgan fingerprint density at radius 3 is 0.962 bits per heavy atom. The summed E-state index contributed by atoms with van der Waals surface area (Å²) in [5, 5.41) is 7.62. The van der Waals surface area contributed by atoms with Gasteiger partial charge < -0.3 is 9.80 Å². The predicted octanol–water partition coefficient (Wildman–Crippen LogP) is 14.6. The van der Waals surface area contributed by atoms with Crippen molar-refractivity contribution in [2.75, 3.05) is 9.80 Å². The highest BCUT2D eigenvalue weighted by Crippen LogP contribution is 2.48. The zero-order valence-corrected chi connectivity index (χ0v) is 32.3. The first kappa shape index (κ1) is 33.5. The molecule has 0 aliphatic carbocycles. The van der Waals surface area contributed by atoms with Crippen LogP contribution in [0.15, 0.2) is 109 Å². The van der Waals surface area contributed by atoms with Crippen molar-refractivity contribution in [3.8, 4) is 0 Å². The molecule has 0 aliphatic rings. The van der Waals surface area contributed by atoms with Gasteiger partial charge in [0.1, 0.15) is 0 Å². The van der Waals surface area contributed by atoms with Crippen molar-refractivity contribution in [2.24, 2.45) is 0 Å². The number of rotatable bonds is 6. The van der Waals surface area contributed by atoms with Crippen molar-refractivity contribution in [3.63, 3.8) is 0 Å². The molecule has 0 N–H and O–H groups in total. The Labute approximate surface area is 309 Å². The summed E-state index contributed by atoms with van der Waals surface area (Å²) >= 11 is 0. The van der Waals surface area contributed by atoms with Gasteiger partial charge in [-0.05, 0) is 207 Å². The summed E-state index contributed by atoms with van der Waals surface area (Å²) in [6, 6.07) is 41.7. The van der Waals surface area contributed by atoms with Crippen LogP contribution < -0.4 is 9.80 Å². The summed E-state index contributed by atoms with van der Waals surface area (Å²) in [6.45, 7) is 22.2. The Morgan fingerprint density at radius 1 is 0.288 bits per heavy atom. The predicted molar refractivity (Wildman–Crippen MR) is 227 cm³/mol. The third-order valence-corrected chi connectivity index (χ3v) is 11.9. The molecule has 258 valence electrons. The second kappa shape index (κ2) is 12.6. The third kappa shape index (κ3) is 5.40. The van der Waals surface area contributed by atoms with Crippen LogP contribution in [0.25, 0.3) is 32.3 Å². The van der Waals surface area contributed by atoms with E-state index in [2.05, 4.69) is 188 Å². The van der Waals surface area contributed by atoms with Gasteiger partial charge in [0.05, 0.1) is 11.4 Å². The summed E-state index contributed by atoms with van der Waals surface area (Å²) in [6.07, 6.45) is 0. The molecule has 0 spiro atoms. The molecule has 0 atom stereocenters. The maximum absolute atomic E-state index is 2.47. The molecule has 0 saturated carbocycles. The largest absolute Gasteiger partial charge is 0.310 e. The first-order chi connectivity index (χ1) is 24.9. The summed E-state index contributed by atoms with van der Waals surface area (Å²) in [5.41, 5.74) is 20.2. The fourth-order valence-electron chi connectivity index (χ4n) is 8.03. The van der Waals surface area contributed by atoms with Gasteiger partial charge in [-0.3, -0.25) is 0 Å². The van der Waals surface area contributed by atoms with E-state index in [0.717, 1.165) is 0 Å². The second-order valence-corrected chi connectivity index (χ2v) is 15.2. The first-order valence-electron chi connectivity index (χ1n) is 18.5. The van der Waals surface area contributed by atoms with Crippen molar-refractivity contribution < 1.29 is 0 Å². The minimum absolute atomic E-state index is 1.17. The zero-order chi connectivity index (χ0) is 36.6. The van der Waals surface area contributed by atoms with Crippen LogP contribution in [0.2, 0.25) is 0 Å². The quantitative estimate of drug-likeness (QED) is 0.162. The van der Waals surface area contributed by atoms with Gasteiger partial charge in [-0.25, -0.2) is 0 Å². The van der Waals surface area contributed by atoms with Crippen molar-refractivity contribution in [1.82, 2.24) is 0 Å². The van der Waals surface area contributed by atoms with Crippen molar-refractivity contribution in [1.29, 1.82) is 0 Å². The molecule has 0 amide bonds. The summed E-state index contributed by atoms with van der Waals surface area (Å²) in [4.78, 5) is 4.94. The number of hydrogen-bond donors (Lipinski definition) is 0. The molecule has 2 nitrogen and oxygen atoms in total. The van der Waals surface area contributed by atoms with E-state index >= 15 is 0 Å². The Kier molecular flexibility index (Phi) is 8.10. The van der Waals surface area contributed by atoms with Crippen LogP contribution in [0.4, 0.5) is 34.1 Å². The Hall–Kier alpha value is -5.60. The number of anilines is 6. The Morgan fingerprint density at radius 2 is 0.615 bits per heavy atom. The topological polar surface area (TPSA) is 6.48 Å². The van der Waals surface area contributed by atoms with Gasteiger partial charge in [-0.2, -0.15) is 0 Å². The second-order valence-electron chi connectivity index (χ2n) is 15.2. The van der Waals surface area contributed by atoms with Crippen LogP contribution in [0.1, 0.15) is 55.6 Å². The van der Waals surface area contributed by atoms with Gasteiger partial charge in [0.15, 0.2) is 0 Å². The summed E-state index contributed by atoms with van der Waals surface area (Å²) in [7, 11) is 0. The van der Waals surface area contributed by atoms with E-state index in [-0.39, 0.29) is 0 Å². The minimum Gasteiger partial charge on any atom is -0.310 e. The van der Waals surface area contributed by atoms with Crippen LogP contribution in [0.3, 0.4) is 0 Å². The molecule has 2 heteroatoms. The third-order valence-electron chi connectivity index (χ3n) is 11.9. The molecule has 8 aromatic rings. The van der Waals surface area contributed by atoms with Crippen LogP contribution in [0.5, 0.6) is 0 Å². The molecule has 52 heavy (non-hydrogen) atoms. The fourth-order valence-corrected chi connectivity index (χ4v) is 8.03. The van der Waals surface area contributed by atoms with Gasteiger partial charge in [0.25, 0.3) is 0 Å². The maximum Gasteiger partial charge on any atom is 0.0540 e. The Balaban J connectivity index is 1.43. The van der Waals surface area contributed by atoms with Gasteiger partial charge in [-0.1, -0.05) is 48.5 Å². The normalized spacial score (nSPS) is 11.7. The lowest BCUT2D eigenvalue weighted by molar-refractivity contribution is 1.21. The van der Waals surface area contributed by atoms with Crippen LogP contribution >= 0.6 is 0 Å². The van der Waals surface area contributed by atoms with Gasteiger partial charge in [0.2, 0.25) is 0 Å². The molecule has 8 aromatic carbocycles. The number of aryl methyl sites for hydroxylation is 8. The number of benzene rings is 8. The minimum atomic E-state index is 1.17. The lowest BCUT2D eigenvalue weighted by Gasteiger charge is -2.30. The van der Waals surface area contributed by atoms with E-state index in [9.17, 15) is 0 Å². The van der Waals surface area contributed by atoms with Crippen molar-refractivity contribution >= 4 is 66.4 Å². The monoisotopic (exact) mass is 676 g/mol. The average Bonchev–Trinajstić information content (AvgIpc) is 3.12. The highest BCUT2D eigenvalue weighted by atomic mass is 15.1.